The van der Waals surface area contributed by atoms with Gasteiger partial charge in [0, 0.05) is 0 Å². The van der Waals surface area contributed by atoms with Crippen molar-refractivity contribution < 1.29 is 8.42 Å². The van der Waals surface area contributed by atoms with E-state index in [1.54, 1.807) is 19.1 Å². The molecule has 0 saturated carbocycles. The summed E-state index contributed by atoms with van der Waals surface area (Å²) >= 11 is 4.47. The Balaban J connectivity index is 1.88. The summed E-state index contributed by atoms with van der Waals surface area (Å²) in [5, 5.41) is 4.49. The van der Waals surface area contributed by atoms with Crippen molar-refractivity contribution in [2.45, 2.75) is 31.5 Å². The van der Waals surface area contributed by atoms with Crippen LogP contribution in [-0.2, 0) is 16.6 Å². The zero-order valence-corrected chi connectivity index (χ0v) is 17.3. The molecule has 0 amide bonds. The lowest BCUT2D eigenvalue weighted by Gasteiger charge is -2.08. The van der Waals surface area contributed by atoms with Gasteiger partial charge < -0.3 is 0 Å². The molecule has 0 bridgehead atoms. The van der Waals surface area contributed by atoms with Gasteiger partial charge in [0.15, 0.2) is 0 Å². The van der Waals surface area contributed by atoms with Crippen molar-refractivity contribution in [3.63, 3.8) is 0 Å². The number of sulfonamides is 1. The number of nitrogens with one attached hydrogen (secondary N) is 1. The number of aromatic nitrogens is 2. The Morgan fingerprint density at radius 2 is 1.80 bits per heavy atom. The molecule has 132 valence electrons. The molecule has 3 rings (SSSR count). The van der Waals surface area contributed by atoms with Gasteiger partial charge in [0.1, 0.15) is 4.21 Å². The lowest BCUT2D eigenvalue weighted by Crippen LogP contribution is -2.13. The monoisotopic (exact) mass is 439 g/mol. The van der Waals surface area contributed by atoms with E-state index in [1.165, 1.54) is 16.9 Å². The van der Waals surface area contributed by atoms with Crippen LogP contribution in [0.3, 0.4) is 0 Å². The van der Waals surface area contributed by atoms with Gasteiger partial charge in [0.25, 0.3) is 10.0 Å². The lowest BCUT2D eigenvalue weighted by molar-refractivity contribution is 0.603. The third-order valence-electron chi connectivity index (χ3n) is 3.88. The summed E-state index contributed by atoms with van der Waals surface area (Å²) in [6.45, 7) is 6.32. The van der Waals surface area contributed by atoms with Crippen LogP contribution >= 0.6 is 27.3 Å². The Kier molecular flexibility index (Phi) is 5.04. The van der Waals surface area contributed by atoms with E-state index >= 15 is 0 Å². The van der Waals surface area contributed by atoms with E-state index in [0.29, 0.717) is 17.9 Å². The molecule has 0 aliphatic carbocycles. The van der Waals surface area contributed by atoms with Crippen LogP contribution in [0.25, 0.3) is 0 Å². The fourth-order valence-corrected chi connectivity index (χ4v) is 5.68. The largest absolute Gasteiger partial charge is 0.275 e. The Hall–Kier alpha value is -1.64. The molecule has 0 aliphatic rings. The lowest BCUT2D eigenvalue weighted by atomic mass is 10.1. The smallest absolute Gasteiger partial charge is 0.271 e. The van der Waals surface area contributed by atoms with E-state index in [1.807, 2.05) is 18.5 Å². The fourth-order valence-electron chi connectivity index (χ4n) is 2.49. The molecule has 0 saturated heterocycles. The van der Waals surface area contributed by atoms with Crippen molar-refractivity contribution in [1.82, 2.24) is 9.78 Å². The molecular weight excluding hydrogens is 422 g/mol. The number of halogens is 1. The summed E-state index contributed by atoms with van der Waals surface area (Å²) in [6, 6.07) is 11.5. The summed E-state index contributed by atoms with van der Waals surface area (Å²) in [5.41, 5.74) is 4.30. The Morgan fingerprint density at radius 1 is 1.12 bits per heavy atom. The molecule has 0 radical (unpaired) electrons. The average Bonchev–Trinajstić information content (AvgIpc) is 3.09. The van der Waals surface area contributed by atoms with Gasteiger partial charge in [-0.15, -0.1) is 11.3 Å². The summed E-state index contributed by atoms with van der Waals surface area (Å²) in [6.07, 6.45) is 0. The number of anilines is 1. The zero-order valence-electron chi connectivity index (χ0n) is 14.1. The van der Waals surface area contributed by atoms with E-state index in [2.05, 4.69) is 50.0 Å². The van der Waals surface area contributed by atoms with E-state index < -0.39 is 10.0 Å². The van der Waals surface area contributed by atoms with Crippen molar-refractivity contribution in [2.24, 2.45) is 0 Å². The van der Waals surface area contributed by atoms with Crippen LogP contribution < -0.4 is 4.72 Å². The molecule has 1 N–H and O–H groups in total. The maximum absolute atomic E-state index is 12.6. The number of hydrogen-bond donors (Lipinski definition) is 1. The summed E-state index contributed by atoms with van der Waals surface area (Å²) in [4.78, 5) is 0. The highest BCUT2D eigenvalue weighted by atomic mass is 79.9. The quantitative estimate of drug-likeness (QED) is 0.636. The summed E-state index contributed by atoms with van der Waals surface area (Å²) < 4.78 is 30.7. The van der Waals surface area contributed by atoms with Crippen LogP contribution in [0.5, 0.6) is 0 Å². The van der Waals surface area contributed by atoms with E-state index in [-0.39, 0.29) is 4.21 Å². The molecule has 0 atom stereocenters. The fraction of sp³-hybridized carbons (Fsp3) is 0.235. The molecule has 2 aromatic heterocycles. The average molecular weight is 440 g/mol. The number of benzene rings is 1. The van der Waals surface area contributed by atoms with Gasteiger partial charge in [-0.3, -0.25) is 9.40 Å². The molecule has 0 fully saturated rings. The minimum absolute atomic E-state index is 0.268. The first kappa shape index (κ1) is 18.2. The Labute approximate surface area is 159 Å². The highest BCUT2D eigenvalue weighted by Crippen LogP contribution is 2.29. The molecule has 0 unspecified atom stereocenters. The molecule has 3 aromatic rings. The van der Waals surface area contributed by atoms with Crippen molar-refractivity contribution >= 4 is 43.0 Å². The predicted octanol–water partition coefficient (Wildman–Crippen LogP) is 4.48. The van der Waals surface area contributed by atoms with Crippen molar-refractivity contribution in [3.05, 3.63) is 62.7 Å². The molecule has 1 aromatic carbocycles. The third-order valence-corrected chi connectivity index (χ3v) is 7.35. The van der Waals surface area contributed by atoms with Gasteiger partial charge in [-0.1, -0.05) is 29.8 Å². The maximum Gasteiger partial charge on any atom is 0.271 e. The van der Waals surface area contributed by atoms with E-state index in [0.717, 1.165) is 15.0 Å². The van der Waals surface area contributed by atoms with Gasteiger partial charge >= 0.3 is 0 Å². The van der Waals surface area contributed by atoms with E-state index in [4.69, 9.17) is 0 Å². The molecule has 0 aliphatic heterocycles. The molecule has 2 heterocycles. The molecule has 0 spiro atoms. The number of thiophene rings is 1. The normalized spacial score (nSPS) is 11.7. The second-order valence-electron chi connectivity index (χ2n) is 5.85. The number of hydrogen-bond acceptors (Lipinski definition) is 4. The van der Waals surface area contributed by atoms with Crippen LogP contribution in [-0.4, -0.2) is 18.2 Å². The standard InChI is InChI=1S/C17H18BrN3O2S2/c1-11-4-6-14(7-5-11)10-21-13(3)17(12(2)19-21)20-25(22,23)16-9-8-15(18)24-16/h4-9,20H,10H2,1-3H3. The van der Waals surface area contributed by atoms with Crippen LogP contribution in [0.4, 0.5) is 5.69 Å². The van der Waals surface area contributed by atoms with Crippen LogP contribution in [0.15, 0.2) is 44.4 Å². The second kappa shape index (κ2) is 6.93. The summed E-state index contributed by atoms with van der Waals surface area (Å²) in [5.74, 6) is 0. The van der Waals surface area contributed by atoms with Gasteiger partial charge in [0.2, 0.25) is 0 Å². The van der Waals surface area contributed by atoms with Crippen LogP contribution in [0, 0.1) is 20.8 Å². The van der Waals surface area contributed by atoms with Gasteiger partial charge in [-0.2, -0.15) is 5.10 Å². The molecule has 25 heavy (non-hydrogen) atoms. The molecular formula is C17H18BrN3O2S2. The van der Waals surface area contributed by atoms with Gasteiger partial charge in [-0.25, -0.2) is 8.42 Å². The Morgan fingerprint density at radius 3 is 2.40 bits per heavy atom. The minimum atomic E-state index is -3.62. The van der Waals surface area contributed by atoms with Gasteiger partial charge in [0.05, 0.1) is 27.4 Å². The highest BCUT2D eigenvalue weighted by Gasteiger charge is 2.21. The third kappa shape index (κ3) is 3.96. The van der Waals surface area contributed by atoms with Crippen LogP contribution in [0.1, 0.15) is 22.5 Å². The van der Waals surface area contributed by atoms with Crippen molar-refractivity contribution in [3.8, 4) is 0 Å². The minimum Gasteiger partial charge on any atom is -0.275 e. The first-order chi connectivity index (χ1) is 11.8. The number of rotatable bonds is 5. The first-order valence-corrected chi connectivity index (χ1v) is 10.7. The summed E-state index contributed by atoms with van der Waals surface area (Å²) in [7, 11) is -3.62. The first-order valence-electron chi connectivity index (χ1n) is 7.64. The number of aryl methyl sites for hydroxylation is 2. The number of nitrogens with zero attached hydrogens (tertiary/aromatic N) is 2. The van der Waals surface area contributed by atoms with Gasteiger partial charge in [-0.05, 0) is 54.4 Å². The highest BCUT2D eigenvalue weighted by molar-refractivity contribution is 9.11. The maximum atomic E-state index is 12.6. The Bertz CT molecular complexity index is 1010. The van der Waals surface area contributed by atoms with Crippen LogP contribution in [0.2, 0.25) is 0 Å². The second-order valence-corrected chi connectivity index (χ2v) is 10.2. The molecule has 8 heteroatoms. The SMILES string of the molecule is Cc1ccc(Cn2nc(C)c(NS(=O)(=O)c3ccc(Br)s3)c2C)cc1. The van der Waals surface area contributed by atoms with Crippen molar-refractivity contribution in [1.29, 1.82) is 0 Å². The zero-order chi connectivity index (χ0) is 18.2. The van der Waals surface area contributed by atoms with E-state index in [9.17, 15) is 8.42 Å². The van der Waals surface area contributed by atoms with Crippen molar-refractivity contribution in [2.75, 3.05) is 4.72 Å². The topological polar surface area (TPSA) is 64.0 Å². The molecule has 5 nitrogen and oxygen atoms in total. The predicted molar refractivity (Wildman–Crippen MR) is 105 cm³/mol.